The highest BCUT2D eigenvalue weighted by Crippen LogP contribution is 2.25. The molecule has 3 rings (SSSR count). The van der Waals surface area contributed by atoms with Gasteiger partial charge < -0.3 is 30.5 Å². The van der Waals surface area contributed by atoms with E-state index in [0.717, 1.165) is 30.9 Å². The zero-order valence-corrected chi connectivity index (χ0v) is 26.4. The minimum absolute atomic E-state index is 0.297. The molecule has 0 saturated heterocycles. The van der Waals surface area contributed by atoms with E-state index in [-0.39, 0.29) is 17.3 Å². The molecule has 1 amide bonds. The number of halogens is 1. The number of nitrogens with one attached hydrogen (secondary N) is 3. The smallest absolute Gasteiger partial charge is 0.274 e. The van der Waals surface area contributed by atoms with Crippen molar-refractivity contribution in [1.29, 1.82) is 0 Å². The van der Waals surface area contributed by atoms with E-state index in [1.807, 2.05) is 91.2 Å². The fourth-order valence-electron chi connectivity index (χ4n) is 4.28. The maximum absolute atomic E-state index is 14.4. The molecule has 0 unspecified atom stereocenters. The Balaban J connectivity index is 1.73. The SMILES string of the molecule is C/C=C(/Nc1ccccc1NC(=O)c1ccc(CN(CCCN(C)C)/C(=C\C)Nc2ccccc2F)cn1)OC(C)(C)C. The molecule has 9 heteroatoms. The monoisotopic (exact) mass is 588 g/mol. The number of benzene rings is 2. The summed E-state index contributed by atoms with van der Waals surface area (Å²) in [4.78, 5) is 21.9. The summed E-state index contributed by atoms with van der Waals surface area (Å²) in [5.41, 5.74) is 2.58. The molecule has 0 aliphatic heterocycles. The quantitative estimate of drug-likeness (QED) is 0.171. The number of para-hydroxylation sites is 3. The van der Waals surface area contributed by atoms with Crippen molar-refractivity contribution in [1.82, 2.24) is 14.8 Å². The predicted octanol–water partition coefficient (Wildman–Crippen LogP) is 7.29. The number of hydrogen-bond acceptors (Lipinski definition) is 7. The molecule has 0 saturated carbocycles. The second-order valence-corrected chi connectivity index (χ2v) is 11.4. The number of nitrogens with zero attached hydrogens (tertiary/aromatic N) is 3. The Bertz CT molecular complexity index is 1400. The van der Waals surface area contributed by atoms with Gasteiger partial charge in [-0.05, 0) is 110 Å². The number of rotatable bonds is 14. The van der Waals surface area contributed by atoms with Crippen LogP contribution in [0.15, 0.2) is 90.7 Å². The maximum atomic E-state index is 14.4. The first-order valence-electron chi connectivity index (χ1n) is 14.5. The Kier molecular flexibility index (Phi) is 12.1. The lowest BCUT2D eigenvalue weighted by Crippen LogP contribution is -2.30. The Labute approximate surface area is 255 Å². The summed E-state index contributed by atoms with van der Waals surface area (Å²) in [6, 6.07) is 17.7. The van der Waals surface area contributed by atoms with Crippen LogP contribution in [0.2, 0.25) is 0 Å². The van der Waals surface area contributed by atoms with Gasteiger partial charge >= 0.3 is 0 Å². The van der Waals surface area contributed by atoms with Crippen LogP contribution in [0.5, 0.6) is 0 Å². The molecule has 3 aromatic rings. The van der Waals surface area contributed by atoms with E-state index in [1.165, 1.54) is 6.07 Å². The summed E-state index contributed by atoms with van der Waals surface area (Å²) in [6.07, 6.45) is 6.41. The second-order valence-electron chi connectivity index (χ2n) is 11.4. The van der Waals surface area contributed by atoms with Crippen LogP contribution in [0.3, 0.4) is 0 Å². The Morgan fingerprint density at radius 1 is 0.884 bits per heavy atom. The van der Waals surface area contributed by atoms with E-state index in [2.05, 4.69) is 30.7 Å². The fourth-order valence-corrected chi connectivity index (χ4v) is 4.28. The average molecular weight is 589 g/mol. The van der Waals surface area contributed by atoms with Crippen molar-refractivity contribution in [3.63, 3.8) is 0 Å². The van der Waals surface area contributed by atoms with E-state index >= 15 is 0 Å². The molecule has 0 aliphatic rings. The van der Waals surface area contributed by atoms with Gasteiger partial charge in [0, 0.05) is 19.3 Å². The molecule has 8 nitrogen and oxygen atoms in total. The molecule has 0 fully saturated rings. The Morgan fingerprint density at radius 2 is 1.53 bits per heavy atom. The lowest BCUT2D eigenvalue weighted by Gasteiger charge is -2.29. The first-order valence-corrected chi connectivity index (χ1v) is 14.5. The Morgan fingerprint density at radius 3 is 2.09 bits per heavy atom. The van der Waals surface area contributed by atoms with Crippen molar-refractivity contribution in [3.8, 4) is 0 Å². The van der Waals surface area contributed by atoms with Crippen LogP contribution in [-0.2, 0) is 11.3 Å². The molecule has 0 aliphatic carbocycles. The van der Waals surface area contributed by atoms with E-state index in [1.54, 1.807) is 30.5 Å². The number of carbonyl (C=O) groups excluding carboxylic acids is 1. The number of ether oxygens (including phenoxy) is 1. The van der Waals surface area contributed by atoms with Crippen molar-refractivity contribution in [3.05, 3.63) is 108 Å². The fraction of sp³-hybridized carbons (Fsp3) is 0.353. The molecule has 0 bridgehead atoms. The molecular formula is C34H45FN6O2. The van der Waals surface area contributed by atoms with Gasteiger partial charge in [0.15, 0.2) is 5.88 Å². The van der Waals surface area contributed by atoms with Crippen molar-refractivity contribution in [2.75, 3.05) is 43.1 Å². The van der Waals surface area contributed by atoms with E-state index in [4.69, 9.17) is 4.74 Å². The number of amides is 1. The van der Waals surface area contributed by atoms with Crippen LogP contribution in [0.4, 0.5) is 21.5 Å². The lowest BCUT2D eigenvalue weighted by molar-refractivity contribution is 0.0552. The summed E-state index contributed by atoms with van der Waals surface area (Å²) in [7, 11) is 4.08. The predicted molar refractivity (Wildman–Crippen MR) is 174 cm³/mol. The summed E-state index contributed by atoms with van der Waals surface area (Å²) in [6.45, 7) is 11.9. The molecular weight excluding hydrogens is 543 g/mol. The van der Waals surface area contributed by atoms with Gasteiger partial charge in [-0.15, -0.1) is 0 Å². The number of pyridine rings is 1. The van der Waals surface area contributed by atoms with Crippen molar-refractivity contribution in [2.24, 2.45) is 0 Å². The van der Waals surface area contributed by atoms with E-state index in [0.29, 0.717) is 35.2 Å². The molecule has 1 aromatic heterocycles. The minimum atomic E-state index is -0.373. The first-order chi connectivity index (χ1) is 20.5. The normalized spacial score (nSPS) is 12.2. The largest absolute Gasteiger partial charge is 0.474 e. The number of anilines is 3. The maximum Gasteiger partial charge on any atom is 0.274 e. The highest BCUT2D eigenvalue weighted by atomic mass is 19.1. The lowest BCUT2D eigenvalue weighted by atomic mass is 10.2. The molecule has 43 heavy (non-hydrogen) atoms. The standard InChI is InChI=1S/C34H45FN6O2/c1-8-31(37-27-16-11-10-15-26(27)35)41(22-14-21-40(6)7)24-25-19-20-30(36-23-25)33(42)39-29-18-13-12-17-28(29)38-32(9-2)43-34(3,4)5/h8-13,15-20,23,37-38H,14,21-22,24H2,1-7H3,(H,39,42)/b31-8-,32-9-. The highest BCUT2D eigenvalue weighted by Gasteiger charge is 2.17. The van der Waals surface area contributed by atoms with Gasteiger partial charge in [-0.3, -0.25) is 9.78 Å². The summed E-state index contributed by atoms with van der Waals surface area (Å²) >= 11 is 0. The summed E-state index contributed by atoms with van der Waals surface area (Å²) in [5, 5.41) is 9.47. The zero-order chi connectivity index (χ0) is 31.4. The molecule has 0 radical (unpaired) electrons. The van der Waals surface area contributed by atoms with Crippen LogP contribution < -0.4 is 16.0 Å². The third-order valence-corrected chi connectivity index (χ3v) is 6.33. The van der Waals surface area contributed by atoms with Crippen molar-refractivity contribution >= 4 is 23.0 Å². The third kappa shape index (κ3) is 10.8. The average Bonchev–Trinajstić information content (AvgIpc) is 2.96. The van der Waals surface area contributed by atoms with Gasteiger partial charge in [0.1, 0.15) is 22.9 Å². The third-order valence-electron chi connectivity index (χ3n) is 6.33. The molecule has 1 heterocycles. The van der Waals surface area contributed by atoms with Gasteiger partial charge in [0.25, 0.3) is 5.91 Å². The van der Waals surface area contributed by atoms with Crippen LogP contribution in [0.25, 0.3) is 0 Å². The summed E-state index contributed by atoms with van der Waals surface area (Å²) < 4.78 is 20.4. The topological polar surface area (TPSA) is 81.8 Å². The van der Waals surface area contributed by atoms with E-state index < -0.39 is 0 Å². The molecule has 2 aromatic carbocycles. The van der Waals surface area contributed by atoms with Gasteiger partial charge in [-0.2, -0.15) is 0 Å². The Hall–Kier alpha value is -4.37. The zero-order valence-electron chi connectivity index (χ0n) is 26.4. The summed E-state index contributed by atoms with van der Waals surface area (Å²) in [5.74, 6) is 0.757. The highest BCUT2D eigenvalue weighted by molar-refractivity contribution is 6.04. The minimum Gasteiger partial charge on any atom is -0.474 e. The second kappa shape index (κ2) is 15.7. The van der Waals surface area contributed by atoms with Crippen LogP contribution in [-0.4, -0.2) is 53.5 Å². The van der Waals surface area contributed by atoms with E-state index in [9.17, 15) is 9.18 Å². The van der Waals surface area contributed by atoms with Crippen LogP contribution in [0.1, 0.15) is 57.1 Å². The number of hydrogen-bond donors (Lipinski definition) is 3. The van der Waals surface area contributed by atoms with Gasteiger partial charge in [-0.25, -0.2) is 4.39 Å². The van der Waals surface area contributed by atoms with Crippen molar-refractivity contribution < 1.29 is 13.9 Å². The molecule has 230 valence electrons. The van der Waals surface area contributed by atoms with Gasteiger partial charge in [0.05, 0.1) is 17.1 Å². The molecule has 0 spiro atoms. The van der Waals surface area contributed by atoms with Gasteiger partial charge in [-0.1, -0.05) is 30.3 Å². The van der Waals surface area contributed by atoms with Gasteiger partial charge in [0.2, 0.25) is 0 Å². The van der Waals surface area contributed by atoms with Crippen LogP contribution in [0, 0.1) is 5.82 Å². The number of carbonyl (C=O) groups is 1. The number of aromatic nitrogens is 1. The van der Waals surface area contributed by atoms with Crippen LogP contribution >= 0.6 is 0 Å². The molecule has 3 N–H and O–H groups in total. The first kappa shape index (κ1) is 33.1. The van der Waals surface area contributed by atoms with Crippen molar-refractivity contribution in [2.45, 2.75) is 53.2 Å². The number of allylic oxidation sites excluding steroid dienone is 2. The molecule has 0 atom stereocenters.